The molecule has 0 fully saturated rings. The van der Waals surface area contributed by atoms with Crippen LogP contribution in [-0.4, -0.2) is 16.0 Å². The largest absolute Gasteiger partial charge is 0.478 e. The number of halogens is 2. The summed E-state index contributed by atoms with van der Waals surface area (Å²) < 4.78 is 13.7. The van der Waals surface area contributed by atoms with Gasteiger partial charge in [0.2, 0.25) is 0 Å². The predicted molar refractivity (Wildman–Crippen MR) is 74.7 cm³/mol. The number of nitrogens with one attached hydrogen (secondary N) is 1. The van der Waals surface area contributed by atoms with E-state index >= 15 is 0 Å². The topological polar surface area (TPSA) is 92.5 Å². The molecule has 21 heavy (non-hydrogen) atoms. The summed E-state index contributed by atoms with van der Waals surface area (Å²) >= 11 is 5.62. The van der Waals surface area contributed by atoms with Crippen molar-refractivity contribution in [1.82, 2.24) is 0 Å². The molecule has 0 saturated heterocycles. The maximum atomic E-state index is 13.7. The van der Waals surface area contributed by atoms with E-state index in [1.807, 2.05) is 0 Å². The number of rotatable bonds is 4. The molecule has 8 heteroatoms. The van der Waals surface area contributed by atoms with Crippen LogP contribution in [-0.2, 0) is 0 Å². The molecule has 0 amide bonds. The van der Waals surface area contributed by atoms with Gasteiger partial charge >= 0.3 is 5.97 Å². The van der Waals surface area contributed by atoms with Crippen LogP contribution in [0.2, 0.25) is 5.02 Å². The van der Waals surface area contributed by atoms with Gasteiger partial charge in [0.25, 0.3) is 5.69 Å². The summed E-state index contributed by atoms with van der Waals surface area (Å²) in [6.07, 6.45) is 0. The number of carboxylic acid groups (broad SMARTS) is 1. The Morgan fingerprint density at radius 2 is 1.90 bits per heavy atom. The van der Waals surface area contributed by atoms with Crippen LogP contribution < -0.4 is 5.32 Å². The highest BCUT2D eigenvalue weighted by atomic mass is 35.5. The van der Waals surface area contributed by atoms with Crippen LogP contribution in [0, 0.1) is 15.9 Å². The van der Waals surface area contributed by atoms with Crippen LogP contribution in [0.25, 0.3) is 0 Å². The van der Waals surface area contributed by atoms with Gasteiger partial charge in [-0.3, -0.25) is 10.1 Å². The molecule has 0 heterocycles. The molecule has 2 N–H and O–H groups in total. The van der Waals surface area contributed by atoms with Gasteiger partial charge in [0.1, 0.15) is 11.5 Å². The third kappa shape index (κ3) is 3.26. The second-order valence-corrected chi connectivity index (χ2v) is 4.48. The molecule has 0 aliphatic heterocycles. The van der Waals surface area contributed by atoms with Crippen LogP contribution in [0.5, 0.6) is 0 Å². The minimum absolute atomic E-state index is 0.00873. The van der Waals surface area contributed by atoms with Crippen molar-refractivity contribution in [2.75, 3.05) is 5.32 Å². The van der Waals surface area contributed by atoms with Gasteiger partial charge in [0, 0.05) is 11.1 Å². The Balaban J connectivity index is 2.44. The van der Waals surface area contributed by atoms with Gasteiger partial charge in [-0.05, 0) is 30.3 Å². The molecule has 0 aliphatic rings. The molecule has 0 unspecified atom stereocenters. The van der Waals surface area contributed by atoms with Gasteiger partial charge in [-0.2, -0.15) is 0 Å². The number of hydrogen-bond acceptors (Lipinski definition) is 4. The number of carbonyl (C=O) groups is 1. The van der Waals surface area contributed by atoms with E-state index in [2.05, 4.69) is 5.32 Å². The number of nitro groups is 1. The van der Waals surface area contributed by atoms with Crippen molar-refractivity contribution in [3.8, 4) is 0 Å². The lowest BCUT2D eigenvalue weighted by atomic mass is 10.1. The van der Waals surface area contributed by atoms with Crippen LogP contribution in [0.15, 0.2) is 36.4 Å². The monoisotopic (exact) mass is 310 g/mol. The zero-order chi connectivity index (χ0) is 15.6. The normalized spacial score (nSPS) is 10.2. The molecule has 2 aromatic carbocycles. The van der Waals surface area contributed by atoms with E-state index in [1.54, 1.807) is 0 Å². The number of anilines is 2. The molecule has 0 atom stereocenters. The molecule has 0 aliphatic carbocycles. The molecular weight excluding hydrogens is 303 g/mol. The second kappa shape index (κ2) is 5.76. The fourth-order valence-corrected chi connectivity index (χ4v) is 1.82. The lowest BCUT2D eigenvalue weighted by Gasteiger charge is -2.09. The van der Waals surface area contributed by atoms with Gasteiger partial charge in [-0.25, -0.2) is 9.18 Å². The van der Waals surface area contributed by atoms with E-state index in [4.69, 9.17) is 16.7 Å². The number of hydrogen-bond donors (Lipinski definition) is 2. The quantitative estimate of drug-likeness (QED) is 0.661. The Kier molecular flexibility index (Phi) is 4.04. The van der Waals surface area contributed by atoms with Crippen molar-refractivity contribution in [1.29, 1.82) is 0 Å². The van der Waals surface area contributed by atoms with E-state index in [0.29, 0.717) is 0 Å². The number of nitrogens with zero attached hydrogens (tertiary/aromatic N) is 1. The van der Waals surface area contributed by atoms with Crippen LogP contribution >= 0.6 is 11.6 Å². The van der Waals surface area contributed by atoms with Crippen molar-refractivity contribution < 1.29 is 19.2 Å². The lowest BCUT2D eigenvalue weighted by molar-refractivity contribution is -0.383. The second-order valence-electron chi connectivity index (χ2n) is 4.04. The van der Waals surface area contributed by atoms with Gasteiger partial charge in [0.15, 0.2) is 0 Å². The Hall–Kier alpha value is -2.67. The average molecular weight is 311 g/mol. The molecular formula is C13H8ClFN2O4. The smallest absolute Gasteiger partial charge is 0.335 e. The molecule has 108 valence electrons. The summed E-state index contributed by atoms with van der Waals surface area (Å²) in [5.74, 6) is -1.97. The zero-order valence-corrected chi connectivity index (χ0v) is 11.1. The first kappa shape index (κ1) is 14.7. The zero-order valence-electron chi connectivity index (χ0n) is 10.3. The van der Waals surface area contributed by atoms with Crippen LogP contribution in [0.3, 0.4) is 0 Å². The first-order valence-corrected chi connectivity index (χ1v) is 6.00. The molecule has 0 saturated carbocycles. The number of carboxylic acids is 1. The highest BCUT2D eigenvalue weighted by Crippen LogP contribution is 2.30. The number of nitro benzene ring substituents is 1. The third-order valence-electron chi connectivity index (χ3n) is 2.64. The fraction of sp³-hybridized carbons (Fsp3) is 0. The summed E-state index contributed by atoms with van der Waals surface area (Å²) in [6.45, 7) is 0. The summed E-state index contributed by atoms with van der Waals surface area (Å²) in [7, 11) is 0. The molecule has 0 radical (unpaired) electrons. The minimum atomic E-state index is -1.29. The van der Waals surface area contributed by atoms with Crippen molar-refractivity contribution in [3.05, 3.63) is 62.9 Å². The first-order valence-electron chi connectivity index (χ1n) is 5.62. The SMILES string of the molecule is O=C(O)c1ccc(Nc2ccc(Cl)cc2F)c([N+](=O)[O-])c1. The summed E-state index contributed by atoms with van der Waals surface area (Å²) in [4.78, 5) is 21.1. The third-order valence-corrected chi connectivity index (χ3v) is 2.88. The van der Waals surface area contributed by atoms with Crippen molar-refractivity contribution >= 4 is 34.6 Å². The maximum absolute atomic E-state index is 13.7. The van der Waals surface area contributed by atoms with E-state index in [1.165, 1.54) is 24.3 Å². The number of aromatic carboxylic acids is 1. The summed E-state index contributed by atoms with van der Waals surface area (Å²) in [5, 5.41) is 22.5. The molecule has 0 bridgehead atoms. The van der Waals surface area contributed by atoms with Crippen molar-refractivity contribution in [3.63, 3.8) is 0 Å². The predicted octanol–water partition coefficient (Wildman–Crippen LogP) is 3.83. The Morgan fingerprint density at radius 3 is 2.48 bits per heavy atom. The van der Waals surface area contributed by atoms with Crippen LogP contribution in [0.1, 0.15) is 10.4 Å². The van der Waals surface area contributed by atoms with E-state index in [-0.39, 0.29) is 22.0 Å². The fourth-order valence-electron chi connectivity index (χ4n) is 1.66. The van der Waals surface area contributed by atoms with E-state index < -0.39 is 22.4 Å². The number of benzene rings is 2. The van der Waals surface area contributed by atoms with Crippen molar-refractivity contribution in [2.24, 2.45) is 0 Å². The summed E-state index contributed by atoms with van der Waals surface area (Å²) in [5.41, 5.74) is -0.732. The Labute approximate surface area is 122 Å². The first-order chi connectivity index (χ1) is 9.88. The Bertz CT molecular complexity index is 736. The van der Waals surface area contributed by atoms with Gasteiger partial charge in [-0.15, -0.1) is 0 Å². The molecule has 0 aromatic heterocycles. The van der Waals surface area contributed by atoms with E-state index in [9.17, 15) is 19.3 Å². The molecule has 2 rings (SSSR count). The minimum Gasteiger partial charge on any atom is -0.478 e. The summed E-state index contributed by atoms with van der Waals surface area (Å²) in [6, 6.07) is 7.10. The lowest BCUT2D eigenvalue weighted by Crippen LogP contribution is -2.02. The molecule has 0 spiro atoms. The van der Waals surface area contributed by atoms with E-state index in [0.717, 1.165) is 12.1 Å². The van der Waals surface area contributed by atoms with Gasteiger partial charge < -0.3 is 10.4 Å². The molecule has 6 nitrogen and oxygen atoms in total. The standard InChI is InChI=1S/C13H8ClFN2O4/c14-8-2-4-10(9(15)6-8)16-11-3-1-7(13(18)19)5-12(11)17(20)21/h1-6,16H,(H,18,19). The Morgan fingerprint density at radius 1 is 1.24 bits per heavy atom. The highest BCUT2D eigenvalue weighted by molar-refractivity contribution is 6.30. The highest BCUT2D eigenvalue weighted by Gasteiger charge is 2.18. The molecule has 2 aromatic rings. The maximum Gasteiger partial charge on any atom is 0.335 e. The van der Waals surface area contributed by atoms with Crippen LogP contribution in [0.4, 0.5) is 21.5 Å². The average Bonchev–Trinajstić information content (AvgIpc) is 2.41. The van der Waals surface area contributed by atoms with Gasteiger partial charge in [0.05, 0.1) is 16.2 Å². The van der Waals surface area contributed by atoms with Crippen molar-refractivity contribution in [2.45, 2.75) is 0 Å². The van der Waals surface area contributed by atoms with Gasteiger partial charge in [-0.1, -0.05) is 11.6 Å².